The fourth-order valence-corrected chi connectivity index (χ4v) is 2.51. The molecular weight excluding hydrogens is 298 g/mol. The van der Waals surface area contributed by atoms with Crippen LogP contribution >= 0.6 is 0 Å². The van der Waals surface area contributed by atoms with Gasteiger partial charge in [-0.05, 0) is 16.7 Å². The van der Waals surface area contributed by atoms with Gasteiger partial charge in [0.05, 0.1) is 0 Å². The summed E-state index contributed by atoms with van der Waals surface area (Å²) >= 11 is 0. The molecule has 0 radical (unpaired) electrons. The van der Waals surface area contributed by atoms with Crippen LogP contribution in [0.15, 0.2) is 91.0 Å². The van der Waals surface area contributed by atoms with Crippen molar-refractivity contribution in [3.05, 3.63) is 108 Å². The van der Waals surface area contributed by atoms with Gasteiger partial charge in [0.25, 0.3) is 0 Å². The SMILES string of the molecule is [GaH3].c1ccc(C(c2ccccc2)c2ccccc2)cc1. The molecule has 0 heterocycles. The van der Waals surface area contributed by atoms with Crippen molar-refractivity contribution in [1.82, 2.24) is 0 Å². The van der Waals surface area contributed by atoms with Gasteiger partial charge in [0.15, 0.2) is 0 Å². The number of benzene rings is 3. The summed E-state index contributed by atoms with van der Waals surface area (Å²) in [5.74, 6) is 0.309. The van der Waals surface area contributed by atoms with Crippen LogP contribution in [0.2, 0.25) is 0 Å². The maximum absolute atomic E-state index is 2.20. The van der Waals surface area contributed by atoms with Crippen molar-refractivity contribution in [2.24, 2.45) is 0 Å². The first-order chi connectivity index (χ1) is 9.45. The maximum Gasteiger partial charge on any atom is 0.0339 e. The third-order valence-electron chi connectivity index (χ3n) is 3.40. The van der Waals surface area contributed by atoms with Crippen LogP contribution < -0.4 is 0 Å². The molecule has 98 valence electrons. The van der Waals surface area contributed by atoms with Gasteiger partial charge in [-0.15, -0.1) is 0 Å². The normalized spacial score (nSPS) is 10.1. The molecule has 0 N–H and O–H groups in total. The molecule has 0 aliphatic carbocycles. The van der Waals surface area contributed by atoms with Crippen LogP contribution in [0.5, 0.6) is 0 Å². The van der Waals surface area contributed by atoms with Crippen LogP contribution in [-0.4, -0.2) is 19.8 Å². The van der Waals surface area contributed by atoms with E-state index in [1.807, 2.05) is 0 Å². The van der Waals surface area contributed by atoms with E-state index < -0.39 is 0 Å². The second kappa shape index (κ2) is 7.18. The van der Waals surface area contributed by atoms with Gasteiger partial charge < -0.3 is 0 Å². The Morgan fingerprint density at radius 2 is 0.650 bits per heavy atom. The predicted octanol–water partition coefficient (Wildman–Crippen LogP) is 3.68. The Kier molecular flexibility index (Phi) is 5.28. The Balaban J connectivity index is 0.00000147. The maximum atomic E-state index is 2.20. The number of rotatable bonds is 3. The van der Waals surface area contributed by atoms with E-state index in [0.717, 1.165) is 0 Å². The van der Waals surface area contributed by atoms with E-state index in [-0.39, 0.29) is 19.8 Å². The second-order valence-electron chi connectivity index (χ2n) is 4.67. The van der Waals surface area contributed by atoms with Crippen molar-refractivity contribution in [2.75, 3.05) is 0 Å². The fraction of sp³-hybridized carbons (Fsp3) is 0.0526. The molecule has 0 bridgehead atoms. The number of hydrogen-bond acceptors (Lipinski definition) is 0. The Hall–Kier alpha value is -1.70. The monoisotopic (exact) mass is 316 g/mol. The van der Waals surface area contributed by atoms with E-state index in [0.29, 0.717) is 5.92 Å². The van der Waals surface area contributed by atoms with Crippen molar-refractivity contribution in [1.29, 1.82) is 0 Å². The summed E-state index contributed by atoms with van der Waals surface area (Å²) in [6.45, 7) is 0. The van der Waals surface area contributed by atoms with Crippen molar-refractivity contribution in [2.45, 2.75) is 5.92 Å². The van der Waals surface area contributed by atoms with Crippen LogP contribution in [0.4, 0.5) is 0 Å². The summed E-state index contributed by atoms with van der Waals surface area (Å²) < 4.78 is 0. The Labute approximate surface area is 133 Å². The van der Waals surface area contributed by atoms with Gasteiger partial charge in [-0.3, -0.25) is 0 Å². The van der Waals surface area contributed by atoms with Gasteiger partial charge in [0, 0.05) is 5.92 Å². The van der Waals surface area contributed by atoms with Gasteiger partial charge >= 0.3 is 19.8 Å². The van der Waals surface area contributed by atoms with E-state index in [1.165, 1.54) is 16.7 Å². The van der Waals surface area contributed by atoms with Gasteiger partial charge in [0.1, 0.15) is 0 Å². The van der Waals surface area contributed by atoms with E-state index >= 15 is 0 Å². The predicted molar refractivity (Wildman–Crippen MR) is 90.2 cm³/mol. The molecule has 0 nitrogen and oxygen atoms in total. The van der Waals surface area contributed by atoms with Gasteiger partial charge in [0.2, 0.25) is 0 Å². The minimum absolute atomic E-state index is 0. The first kappa shape index (κ1) is 14.7. The largest absolute Gasteiger partial charge is 0.0622 e. The van der Waals surface area contributed by atoms with Crippen molar-refractivity contribution in [3.63, 3.8) is 0 Å². The molecule has 20 heavy (non-hydrogen) atoms. The molecule has 3 aromatic carbocycles. The minimum atomic E-state index is 0. The molecule has 0 spiro atoms. The Morgan fingerprint density at radius 1 is 0.400 bits per heavy atom. The standard InChI is InChI=1S/C19H16.Ga.3H/c1-4-10-16(11-5-1)19(17-12-6-2-7-13-17)18-14-8-3-9-15-18;;;;/h1-15,19H;;;;. The van der Waals surface area contributed by atoms with Crippen molar-refractivity contribution < 1.29 is 0 Å². The minimum Gasteiger partial charge on any atom is -0.0622 e. The molecule has 3 aromatic rings. The van der Waals surface area contributed by atoms with E-state index in [2.05, 4.69) is 91.0 Å². The molecule has 0 aliphatic heterocycles. The van der Waals surface area contributed by atoms with Crippen LogP contribution in [-0.2, 0) is 0 Å². The van der Waals surface area contributed by atoms with Crippen molar-refractivity contribution >= 4 is 19.8 Å². The molecule has 0 amide bonds. The molecule has 0 atom stereocenters. The summed E-state index contributed by atoms with van der Waals surface area (Å²) in [6, 6.07) is 32.0. The first-order valence-electron chi connectivity index (χ1n) is 6.60. The van der Waals surface area contributed by atoms with Crippen LogP contribution in [0, 0.1) is 0 Å². The summed E-state index contributed by atoms with van der Waals surface area (Å²) in [5, 5.41) is 0. The van der Waals surface area contributed by atoms with E-state index in [1.54, 1.807) is 0 Å². The molecule has 0 fully saturated rings. The van der Waals surface area contributed by atoms with Crippen LogP contribution in [0.1, 0.15) is 22.6 Å². The second-order valence-corrected chi connectivity index (χ2v) is 4.67. The number of hydrogen-bond donors (Lipinski definition) is 0. The Morgan fingerprint density at radius 3 is 0.900 bits per heavy atom. The molecule has 1 heteroatoms. The molecule has 0 unspecified atom stereocenters. The zero-order chi connectivity index (χ0) is 12.9. The van der Waals surface area contributed by atoms with Crippen molar-refractivity contribution in [3.8, 4) is 0 Å². The van der Waals surface area contributed by atoms with Gasteiger partial charge in [-0.2, -0.15) is 0 Å². The average Bonchev–Trinajstić information content (AvgIpc) is 2.51. The molecule has 0 aromatic heterocycles. The zero-order valence-corrected chi connectivity index (χ0v) is 10.7. The summed E-state index contributed by atoms with van der Waals surface area (Å²) in [4.78, 5) is 0. The van der Waals surface area contributed by atoms with Crippen LogP contribution in [0.3, 0.4) is 0 Å². The zero-order valence-electron chi connectivity index (χ0n) is 10.7. The molecular formula is C19H19Ga. The molecule has 3 rings (SSSR count). The quantitative estimate of drug-likeness (QED) is 0.511. The Bertz CT molecular complexity index is 524. The summed E-state index contributed by atoms with van der Waals surface area (Å²) in [6.07, 6.45) is 0. The molecule has 0 saturated carbocycles. The fourth-order valence-electron chi connectivity index (χ4n) is 2.51. The van der Waals surface area contributed by atoms with E-state index in [9.17, 15) is 0 Å². The smallest absolute Gasteiger partial charge is 0.0339 e. The average molecular weight is 317 g/mol. The third kappa shape index (κ3) is 3.24. The molecule has 0 saturated heterocycles. The van der Waals surface area contributed by atoms with Gasteiger partial charge in [-0.1, -0.05) is 91.0 Å². The summed E-state index contributed by atoms with van der Waals surface area (Å²) in [7, 11) is 0. The van der Waals surface area contributed by atoms with Crippen LogP contribution in [0.25, 0.3) is 0 Å². The molecule has 0 aliphatic rings. The van der Waals surface area contributed by atoms with E-state index in [4.69, 9.17) is 0 Å². The van der Waals surface area contributed by atoms with Gasteiger partial charge in [-0.25, -0.2) is 0 Å². The third-order valence-corrected chi connectivity index (χ3v) is 3.40. The summed E-state index contributed by atoms with van der Waals surface area (Å²) in [5.41, 5.74) is 4.00. The topological polar surface area (TPSA) is 0 Å². The first-order valence-corrected chi connectivity index (χ1v) is 6.60.